The van der Waals surface area contributed by atoms with Crippen LogP contribution in [0, 0.1) is 0 Å². The van der Waals surface area contributed by atoms with Crippen LogP contribution in [-0.2, 0) is 11.3 Å². The molecule has 28 heavy (non-hydrogen) atoms. The number of rotatable bonds is 5. The van der Waals surface area contributed by atoms with E-state index in [9.17, 15) is 4.79 Å². The minimum absolute atomic E-state index is 0.0997. The summed E-state index contributed by atoms with van der Waals surface area (Å²) in [7, 11) is 1.63. The Morgan fingerprint density at radius 2 is 2.04 bits per heavy atom. The Labute approximate surface area is 172 Å². The Morgan fingerprint density at radius 1 is 1.21 bits per heavy atom. The van der Waals surface area contributed by atoms with Crippen LogP contribution in [-0.4, -0.2) is 29.0 Å². The lowest BCUT2D eigenvalue weighted by Gasteiger charge is -2.14. The van der Waals surface area contributed by atoms with E-state index in [1.807, 2.05) is 54.6 Å². The molecule has 7 heteroatoms. The van der Waals surface area contributed by atoms with E-state index in [0.29, 0.717) is 21.5 Å². The maximum Gasteiger partial charge on any atom is 0.266 e. The van der Waals surface area contributed by atoms with Gasteiger partial charge >= 0.3 is 0 Å². The van der Waals surface area contributed by atoms with E-state index >= 15 is 0 Å². The first-order valence-electron chi connectivity index (χ1n) is 8.59. The normalized spacial score (nSPS) is 17.2. The molecule has 2 aromatic rings. The third-order valence-electron chi connectivity index (χ3n) is 4.31. The van der Waals surface area contributed by atoms with Gasteiger partial charge in [0.1, 0.15) is 10.1 Å². The number of hydrogen-bond acceptors (Lipinski definition) is 6. The highest BCUT2D eigenvalue weighted by Crippen LogP contribution is 2.35. The average molecular weight is 412 g/mol. The third-order valence-corrected chi connectivity index (χ3v) is 5.71. The van der Waals surface area contributed by atoms with Crippen molar-refractivity contribution >= 4 is 40.3 Å². The molecule has 0 N–H and O–H groups in total. The monoisotopic (exact) mass is 411 g/mol. The standard InChI is InChI=1S/C21H17NO4S2/c1-24-16-7-3-2-5-15(16)6-4-8-19-20(23)22(21(27)28-19)12-14-9-10-17-18(11-14)26-13-25-17/h2-11H,12-13H2,1H3. The van der Waals surface area contributed by atoms with Gasteiger partial charge in [-0.25, -0.2) is 0 Å². The van der Waals surface area contributed by atoms with Crippen LogP contribution in [0.25, 0.3) is 6.08 Å². The summed E-state index contributed by atoms with van der Waals surface area (Å²) in [4.78, 5) is 14.9. The second-order valence-corrected chi connectivity index (χ2v) is 7.75. The highest BCUT2D eigenvalue weighted by atomic mass is 32.2. The molecule has 0 saturated carbocycles. The van der Waals surface area contributed by atoms with Crippen LogP contribution in [0.1, 0.15) is 11.1 Å². The van der Waals surface area contributed by atoms with Gasteiger partial charge in [0.15, 0.2) is 11.5 Å². The second kappa shape index (κ2) is 8.08. The second-order valence-electron chi connectivity index (χ2n) is 6.08. The topological polar surface area (TPSA) is 48.0 Å². The summed E-state index contributed by atoms with van der Waals surface area (Å²) >= 11 is 6.71. The van der Waals surface area contributed by atoms with Crippen molar-refractivity contribution in [3.8, 4) is 17.2 Å². The zero-order valence-electron chi connectivity index (χ0n) is 15.1. The lowest BCUT2D eigenvalue weighted by molar-refractivity contribution is -0.122. The molecule has 0 unspecified atom stereocenters. The predicted molar refractivity (Wildman–Crippen MR) is 113 cm³/mol. The minimum Gasteiger partial charge on any atom is -0.496 e. The first-order valence-corrected chi connectivity index (χ1v) is 9.82. The van der Waals surface area contributed by atoms with Gasteiger partial charge in [-0.05, 0) is 29.8 Å². The SMILES string of the molecule is COc1ccccc1C=CC=C1SC(=S)N(Cc2ccc3c(c2)OCO3)C1=O. The lowest BCUT2D eigenvalue weighted by atomic mass is 10.2. The first kappa shape index (κ1) is 18.6. The molecule has 2 aliphatic rings. The molecule has 2 aliphatic heterocycles. The van der Waals surface area contributed by atoms with E-state index in [4.69, 9.17) is 26.4 Å². The van der Waals surface area contributed by atoms with Gasteiger partial charge in [-0.3, -0.25) is 9.69 Å². The maximum atomic E-state index is 12.8. The van der Waals surface area contributed by atoms with Crippen LogP contribution in [0.2, 0.25) is 0 Å². The summed E-state index contributed by atoms with van der Waals surface area (Å²) < 4.78 is 16.6. The quantitative estimate of drug-likeness (QED) is 0.538. The van der Waals surface area contributed by atoms with Crippen molar-refractivity contribution in [2.75, 3.05) is 13.9 Å². The molecule has 142 valence electrons. The fraction of sp³-hybridized carbons (Fsp3) is 0.143. The van der Waals surface area contributed by atoms with Crippen molar-refractivity contribution in [2.24, 2.45) is 0 Å². The number of amides is 1. The Hall–Kier alpha value is -2.77. The van der Waals surface area contributed by atoms with Gasteiger partial charge in [0.25, 0.3) is 5.91 Å². The molecule has 0 aromatic heterocycles. The Bertz CT molecular complexity index is 1000. The number of fused-ring (bicyclic) bond motifs is 1. The molecular weight excluding hydrogens is 394 g/mol. The molecule has 5 nitrogen and oxygen atoms in total. The van der Waals surface area contributed by atoms with Crippen LogP contribution in [0.3, 0.4) is 0 Å². The van der Waals surface area contributed by atoms with Crippen LogP contribution in [0.4, 0.5) is 0 Å². The molecule has 4 rings (SSSR count). The van der Waals surface area contributed by atoms with E-state index in [1.54, 1.807) is 18.1 Å². The molecule has 1 saturated heterocycles. The number of thiocarbonyl (C=S) groups is 1. The molecule has 1 amide bonds. The Morgan fingerprint density at radius 3 is 2.89 bits per heavy atom. The number of allylic oxidation sites excluding steroid dienone is 2. The van der Waals surface area contributed by atoms with Crippen LogP contribution >= 0.6 is 24.0 Å². The Balaban J connectivity index is 1.47. The zero-order valence-corrected chi connectivity index (χ0v) is 16.7. The molecule has 1 fully saturated rings. The summed E-state index contributed by atoms with van der Waals surface area (Å²) in [5.74, 6) is 2.09. The molecular formula is C21H17NO4S2. The number of nitrogens with zero attached hydrogens (tertiary/aromatic N) is 1. The van der Waals surface area contributed by atoms with E-state index in [1.165, 1.54) is 11.8 Å². The van der Waals surface area contributed by atoms with Gasteiger partial charge in [-0.1, -0.05) is 60.4 Å². The van der Waals surface area contributed by atoms with Gasteiger partial charge in [0.05, 0.1) is 18.6 Å². The average Bonchev–Trinajstić information content (AvgIpc) is 3.28. The first-order chi connectivity index (χ1) is 13.7. The Kier molecular flexibility index (Phi) is 5.36. The van der Waals surface area contributed by atoms with Gasteiger partial charge < -0.3 is 14.2 Å². The fourth-order valence-corrected chi connectivity index (χ4v) is 4.12. The summed E-state index contributed by atoms with van der Waals surface area (Å²) in [5, 5.41) is 0. The van der Waals surface area contributed by atoms with Crippen molar-refractivity contribution in [3.63, 3.8) is 0 Å². The van der Waals surface area contributed by atoms with Gasteiger partial charge in [-0.2, -0.15) is 0 Å². The molecule has 0 aliphatic carbocycles. The van der Waals surface area contributed by atoms with E-state index in [2.05, 4.69) is 0 Å². The number of benzene rings is 2. The van der Waals surface area contributed by atoms with E-state index in [-0.39, 0.29) is 12.7 Å². The molecule has 2 aromatic carbocycles. The molecule has 0 bridgehead atoms. The number of para-hydroxylation sites is 1. The summed E-state index contributed by atoms with van der Waals surface area (Å²) in [5.41, 5.74) is 1.88. The van der Waals surface area contributed by atoms with Crippen molar-refractivity contribution in [1.29, 1.82) is 0 Å². The zero-order chi connectivity index (χ0) is 19.5. The number of carbonyl (C=O) groups excluding carboxylic acids is 1. The van der Waals surface area contributed by atoms with E-state index in [0.717, 1.165) is 22.6 Å². The number of thioether (sulfide) groups is 1. The van der Waals surface area contributed by atoms with Gasteiger partial charge in [0, 0.05) is 5.56 Å². The maximum absolute atomic E-state index is 12.8. The van der Waals surface area contributed by atoms with Crippen LogP contribution < -0.4 is 14.2 Å². The van der Waals surface area contributed by atoms with Crippen LogP contribution in [0.5, 0.6) is 17.2 Å². The third kappa shape index (κ3) is 3.76. The summed E-state index contributed by atoms with van der Waals surface area (Å²) in [6.07, 6.45) is 5.53. The van der Waals surface area contributed by atoms with Crippen molar-refractivity contribution in [1.82, 2.24) is 4.90 Å². The highest BCUT2D eigenvalue weighted by molar-refractivity contribution is 8.26. The predicted octanol–water partition coefficient (Wildman–Crippen LogP) is 4.38. The molecule has 0 spiro atoms. The van der Waals surface area contributed by atoms with Crippen molar-refractivity contribution in [3.05, 3.63) is 70.6 Å². The van der Waals surface area contributed by atoms with Crippen molar-refractivity contribution < 1.29 is 19.0 Å². The smallest absolute Gasteiger partial charge is 0.266 e. The van der Waals surface area contributed by atoms with Crippen LogP contribution in [0.15, 0.2) is 59.5 Å². The molecule has 2 heterocycles. The molecule has 0 radical (unpaired) electrons. The number of methoxy groups -OCH3 is 1. The summed E-state index contributed by atoms with van der Waals surface area (Å²) in [6.45, 7) is 0.621. The fourth-order valence-electron chi connectivity index (χ4n) is 2.92. The van der Waals surface area contributed by atoms with Gasteiger partial charge in [-0.15, -0.1) is 0 Å². The number of ether oxygens (including phenoxy) is 3. The van der Waals surface area contributed by atoms with E-state index < -0.39 is 0 Å². The molecule has 0 atom stereocenters. The minimum atomic E-state index is -0.0997. The van der Waals surface area contributed by atoms with Crippen molar-refractivity contribution in [2.45, 2.75) is 6.54 Å². The van der Waals surface area contributed by atoms with Gasteiger partial charge in [0.2, 0.25) is 6.79 Å². The largest absolute Gasteiger partial charge is 0.496 e. The number of carbonyl (C=O) groups is 1. The number of hydrogen-bond donors (Lipinski definition) is 0. The summed E-state index contributed by atoms with van der Waals surface area (Å²) in [6, 6.07) is 13.3. The highest BCUT2D eigenvalue weighted by Gasteiger charge is 2.31. The lowest BCUT2D eigenvalue weighted by Crippen LogP contribution is -2.27.